The van der Waals surface area contributed by atoms with Crippen molar-refractivity contribution in [2.45, 2.75) is 45.1 Å². The number of methoxy groups -OCH3 is 1. The second-order valence-electron chi connectivity index (χ2n) is 5.08. The summed E-state index contributed by atoms with van der Waals surface area (Å²) in [7, 11) is 1.47. The zero-order valence-electron chi connectivity index (χ0n) is 12.7. The van der Waals surface area contributed by atoms with Crippen molar-refractivity contribution in [1.29, 1.82) is 0 Å². The van der Waals surface area contributed by atoms with Gasteiger partial charge in [-0.2, -0.15) is 0 Å². The average Bonchev–Trinajstić information content (AvgIpc) is 2.46. The summed E-state index contributed by atoms with van der Waals surface area (Å²) in [6.07, 6.45) is 6.48. The Labute approximate surface area is 126 Å². The summed E-state index contributed by atoms with van der Waals surface area (Å²) in [5, 5.41) is 19.2. The number of ether oxygens (including phenoxy) is 1. The third-order valence-corrected chi connectivity index (χ3v) is 3.24. The highest BCUT2D eigenvalue weighted by atomic mass is 16.5. The number of benzene rings is 1. The molecule has 0 aliphatic rings. The Morgan fingerprint density at radius 3 is 2.81 bits per heavy atom. The molecule has 0 aliphatic heterocycles. The molecule has 0 radical (unpaired) electrons. The average molecular weight is 292 g/mol. The van der Waals surface area contributed by atoms with Crippen molar-refractivity contribution in [3.05, 3.63) is 29.8 Å². The highest BCUT2D eigenvalue weighted by Gasteiger charge is 2.08. The minimum absolute atomic E-state index is 0.0623. The number of ketones is 1. The van der Waals surface area contributed by atoms with E-state index in [9.17, 15) is 15.0 Å². The molecule has 0 spiro atoms. The van der Waals surface area contributed by atoms with Crippen LogP contribution in [0.3, 0.4) is 0 Å². The Balaban J connectivity index is 2.50. The third-order valence-electron chi connectivity index (χ3n) is 3.24. The van der Waals surface area contributed by atoms with E-state index in [-0.39, 0.29) is 18.0 Å². The molecular formula is C17H24O4. The van der Waals surface area contributed by atoms with Gasteiger partial charge in [0.2, 0.25) is 0 Å². The van der Waals surface area contributed by atoms with Crippen LogP contribution in [-0.4, -0.2) is 29.2 Å². The topological polar surface area (TPSA) is 66.8 Å². The first-order valence-electron chi connectivity index (χ1n) is 7.32. The van der Waals surface area contributed by atoms with Crippen LogP contribution in [-0.2, 0) is 4.79 Å². The van der Waals surface area contributed by atoms with Gasteiger partial charge in [0.15, 0.2) is 17.3 Å². The smallest absolute Gasteiger partial charge is 0.161 e. The van der Waals surface area contributed by atoms with Crippen molar-refractivity contribution in [3.8, 4) is 11.5 Å². The van der Waals surface area contributed by atoms with Crippen LogP contribution in [0.2, 0.25) is 0 Å². The molecule has 0 fully saturated rings. The molecule has 0 heterocycles. The van der Waals surface area contributed by atoms with Crippen LogP contribution >= 0.6 is 0 Å². The molecule has 2 N–H and O–H groups in total. The van der Waals surface area contributed by atoms with E-state index in [4.69, 9.17) is 4.74 Å². The van der Waals surface area contributed by atoms with Gasteiger partial charge in [0.1, 0.15) is 0 Å². The maximum absolute atomic E-state index is 11.8. The van der Waals surface area contributed by atoms with Crippen molar-refractivity contribution >= 4 is 11.9 Å². The zero-order valence-corrected chi connectivity index (χ0v) is 12.7. The minimum atomic E-state index is -0.567. The minimum Gasteiger partial charge on any atom is -0.504 e. The number of allylic oxidation sites excluding steroid dienone is 1. The van der Waals surface area contributed by atoms with E-state index < -0.39 is 6.10 Å². The van der Waals surface area contributed by atoms with Gasteiger partial charge < -0.3 is 14.9 Å². The first kappa shape index (κ1) is 17.2. The third kappa shape index (κ3) is 6.45. The highest BCUT2D eigenvalue weighted by Crippen LogP contribution is 2.26. The summed E-state index contributed by atoms with van der Waals surface area (Å²) in [6.45, 7) is 2.10. The lowest BCUT2D eigenvalue weighted by molar-refractivity contribution is -0.116. The largest absolute Gasteiger partial charge is 0.504 e. The fraction of sp³-hybridized carbons (Fsp3) is 0.471. The van der Waals surface area contributed by atoms with Crippen molar-refractivity contribution in [2.75, 3.05) is 7.11 Å². The number of carbonyl (C=O) groups is 1. The number of hydrogen-bond donors (Lipinski definition) is 2. The molecule has 0 bridgehead atoms. The van der Waals surface area contributed by atoms with Crippen molar-refractivity contribution in [2.24, 2.45) is 0 Å². The summed E-state index contributed by atoms with van der Waals surface area (Å²) in [5.74, 6) is 0.322. The SMILES string of the molecule is CCCCC[C@@H](O)CC(=O)C=Cc1ccc(O)c(OC)c1. The molecule has 0 saturated heterocycles. The molecule has 0 aliphatic carbocycles. The first-order valence-corrected chi connectivity index (χ1v) is 7.32. The maximum atomic E-state index is 11.8. The van der Waals surface area contributed by atoms with Crippen molar-refractivity contribution in [3.63, 3.8) is 0 Å². The number of rotatable bonds is 9. The van der Waals surface area contributed by atoms with Crippen LogP contribution in [0, 0.1) is 0 Å². The molecular weight excluding hydrogens is 268 g/mol. The molecule has 4 nitrogen and oxygen atoms in total. The Hall–Kier alpha value is -1.81. The van der Waals surface area contributed by atoms with Crippen molar-refractivity contribution < 1.29 is 19.7 Å². The van der Waals surface area contributed by atoms with Gasteiger partial charge in [0, 0.05) is 6.42 Å². The van der Waals surface area contributed by atoms with E-state index in [0.717, 1.165) is 24.8 Å². The standard InChI is InChI=1S/C17H24O4/c1-3-4-5-6-14(18)12-15(19)9-7-13-8-10-16(20)17(11-13)21-2/h7-11,14,18,20H,3-6,12H2,1-2H3/t14-/m1/s1. The van der Waals surface area contributed by atoms with Gasteiger partial charge >= 0.3 is 0 Å². The van der Waals surface area contributed by atoms with E-state index in [1.54, 1.807) is 18.2 Å². The van der Waals surface area contributed by atoms with Gasteiger partial charge in [-0.3, -0.25) is 4.79 Å². The van der Waals surface area contributed by atoms with Crippen molar-refractivity contribution in [1.82, 2.24) is 0 Å². The van der Waals surface area contributed by atoms with Gasteiger partial charge in [-0.15, -0.1) is 0 Å². The molecule has 116 valence electrons. The van der Waals surface area contributed by atoms with Crippen LogP contribution in [0.15, 0.2) is 24.3 Å². The molecule has 1 rings (SSSR count). The number of phenolic OH excluding ortho intramolecular Hbond substituents is 1. The summed E-state index contributed by atoms with van der Waals surface area (Å²) >= 11 is 0. The number of hydrogen-bond acceptors (Lipinski definition) is 4. The molecule has 0 saturated carbocycles. The first-order chi connectivity index (χ1) is 10.1. The normalized spacial score (nSPS) is 12.5. The molecule has 21 heavy (non-hydrogen) atoms. The van der Waals surface area contributed by atoms with Crippen LogP contribution < -0.4 is 4.74 Å². The van der Waals surface area contributed by atoms with E-state index >= 15 is 0 Å². The molecule has 0 aromatic heterocycles. The van der Waals surface area contributed by atoms with Gasteiger partial charge in [0.05, 0.1) is 13.2 Å². The quantitative estimate of drug-likeness (QED) is 0.541. The van der Waals surface area contributed by atoms with Gasteiger partial charge in [-0.1, -0.05) is 38.3 Å². The number of aromatic hydroxyl groups is 1. The Morgan fingerprint density at radius 1 is 1.38 bits per heavy atom. The predicted molar refractivity (Wildman–Crippen MR) is 83.5 cm³/mol. The number of aliphatic hydroxyl groups is 1. The Morgan fingerprint density at radius 2 is 2.14 bits per heavy atom. The summed E-state index contributed by atoms with van der Waals surface area (Å²) in [6, 6.07) is 4.86. The van der Waals surface area contributed by atoms with Crippen LogP contribution in [0.4, 0.5) is 0 Å². The van der Waals surface area contributed by atoms with E-state index in [2.05, 4.69) is 6.92 Å². The number of phenols is 1. The number of aliphatic hydroxyl groups excluding tert-OH is 1. The fourth-order valence-electron chi connectivity index (χ4n) is 2.02. The molecule has 1 aromatic carbocycles. The molecule has 0 unspecified atom stereocenters. The summed E-state index contributed by atoms with van der Waals surface area (Å²) < 4.78 is 5.00. The Bertz CT molecular complexity index is 480. The fourth-order valence-corrected chi connectivity index (χ4v) is 2.02. The number of carbonyl (C=O) groups excluding carboxylic acids is 1. The molecule has 1 aromatic rings. The molecule has 0 amide bonds. The van der Waals surface area contributed by atoms with Gasteiger partial charge in [-0.05, 0) is 30.2 Å². The lowest BCUT2D eigenvalue weighted by Gasteiger charge is -2.07. The Kier molecular flexibility index (Phi) is 7.54. The predicted octanol–water partition coefficient (Wildman–Crippen LogP) is 3.31. The van der Waals surface area contributed by atoms with Gasteiger partial charge in [-0.25, -0.2) is 0 Å². The van der Waals surface area contributed by atoms with Crippen LogP contribution in [0.1, 0.15) is 44.6 Å². The zero-order chi connectivity index (χ0) is 15.7. The monoisotopic (exact) mass is 292 g/mol. The summed E-state index contributed by atoms with van der Waals surface area (Å²) in [4.78, 5) is 11.8. The van der Waals surface area contributed by atoms with Gasteiger partial charge in [0.25, 0.3) is 0 Å². The number of unbranched alkanes of at least 4 members (excludes halogenated alkanes) is 2. The maximum Gasteiger partial charge on any atom is 0.161 e. The highest BCUT2D eigenvalue weighted by molar-refractivity contribution is 5.93. The second kappa shape index (κ2) is 9.19. The van der Waals surface area contributed by atoms with E-state index in [1.165, 1.54) is 19.3 Å². The van der Waals surface area contributed by atoms with E-state index in [0.29, 0.717) is 12.2 Å². The second-order valence-corrected chi connectivity index (χ2v) is 5.08. The molecule has 1 atom stereocenters. The lowest BCUT2D eigenvalue weighted by Crippen LogP contribution is -2.11. The van der Waals surface area contributed by atoms with Crippen LogP contribution in [0.5, 0.6) is 11.5 Å². The summed E-state index contributed by atoms with van der Waals surface area (Å²) in [5.41, 5.74) is 0.762. The lowest BCUT2D eigenvalue weighted by atomic mass is 10.0. The molecule has 4 heteroatoms. The van der Waals surface area contributed by atoms with E-state index in [1.807, 2.05) is 0 Å². The van der Waals surface area contributed by atoms with Crippen LogP contribution in [0.25, 0.3) is 6.08 Å².